The van der Waals surface area contributed by atoms with E-state index in [1.165, 1.54) is 6.08 Å². The number of aromatic nitrogens is 5. The number of carbonyl (C=O) groups is 1. The van der Waals surface area contributed by atoms with E-state index >= 15 is 0 Å². The molecule has 5 rings (SSSR count). The van der Waals surface area contributed by atoms with Crippen molar-refractivity contribution in [3.63, 3.8) is 0 Å². The molecular formula is C26H28N8O2. The van der Waals surface area contributed by atoms with Crippen molar-refractivity contribution < 1.29 is 4.79 Å². The predicted octanol–water partition coefficient (Wildman–Crippen LogP) is 2.44. The highest BCUT2D eigenvalue weighted by molar-refractivity contribution is 5.87. The van der Waals surface area contributed by atoms with Crippen LogP contribution in [0.15, 0.2) is 78.5 Å². The number of piperazine rings is 1. The molecule has 1 atom stereocenters. The number of amides is 1. The van der Waals surface area contributed by atoms with Gasteiger partial charge < -0.3 is 10.2 Å². The molecule has 1 fully saturated rings. The number of hydrogen-bond acceptors (Lipinski definition) is 7. The molecule has 1 N–H and O–H groups in total. The number of carbonyl (C=O) groups excluding carboxylic acids is 1. The summed E-state index contributed by atoms with van der Waals surface area (Å²) < 4.78 is 3.45. The minimum Gasteiger partial charge on any atom is -0.336 e. The summed E-state index contributed by atoms with van der Waals surface area (Å²) in [6.45, 7) is 8.86. The van der Waals surface area contributed by atoms with E-state index in [-0.39, 0.29) is 17.5 Å². The maximum absolute atomic E-state index is 12.8. The molecule has 10 nitrogen and oxygen atoms in total. The Hall–Kier alpha value is -4.31. The first kappa shape index (κ1) is 23.4. The number of benzene rings is 1. The first-order chi connectivity index (χ1) is 17.5. The third-order valence-electron chi connectivity index (χ3n) is 6.44. The summed E-state index contributed by atoms with van der Waals surface area (Å²) in [7, 11) is 0. The fourth-order valence-corrected chi connectivity index (χ4v) is 4.47. The summed E-state index contributed by atoms with van der Waals surface area (Å²) in [6, 6.07) is 13.3. The Labute approximate surface area is 208 Å². The SMILES string of the molecule is C=CC(=O)N1CCN(CCn2c(=O)ccc3cnc(Nc4cnn(-c5ccccc5)c4)nc32)C(C)C1. The highest BCUT2D eigenvalue weighted by atomic mass is 16.2. The van der Waals surface area contributed by atoms with Gasteiger partial charge in [0.1, 0.15) is 5.65 Å². The molecule has 1 amide bonds. The normalized spacial score (nSPS) is 16.2. The van der Waals surface area contributed by atoms with Crippen molar-refractivity contribution in [2.75, 3.05) is 31.5 Å². The average molecular weight is 485 g/mol. The van der Waals surface area contributed by atoms with Gasteiger partial charge in [-0.05, 0) is 31.2 Å². The molecule has 1 aliphatic heterocycles. The van der Waals surface area contributed by atoms with Crippen LogP contribution in [0.2, 0.25) is 0 Å². The molecule has 0 radical (unpaired) electrons. The Morgan fingerprint density at radius 3 is 2.75 bits per heavy atom. The number of fused-ring (bicyclic) bond motifs is 1. The molecule has 4 aromatic rings. The molecule has 0 saturated carbocycles. The average Bonchev–Trinajstić information content (AvgIpc) is 3.37. The van der Waals surface area contributed by atoms with Gasteiger partial charge in [-0.15, -0.1) is 0 Å². The molecule has 4 heterocycles. The van der Waals surface area contributed by atoms with Gasteiger partial charge in [0.25, 0.3) is 5.56 Å². The van der Waals surface area contributed by atoms with Crippen LogP contribution < -0.4 is 10.9 Å². The molecule has 1 unspecified atom stereocenters. The van der Waals surface area contributed by atoms with Crippen molar-refractivity contribution in [2.45, 2.75) is 19.5 Å². The van der Waals surface area contributed by atoms with Crippen molar-refractivity contribution in [2.24, 2.45) is 0 Å². The lowest BCUT2D eigenvalue weighted by atomic mass is 10.2. The van der Waals surface area contributed by atoms with E-state index < -0.39 is 0 Å². The summed E-state index contributed by atoms with van der Waals surface area (Å²) in [5, 5.41) is 8.37. The first-order valence-corrected chi connectivity index (χ1v) is 11.9. The number of nitrogens with zero attached hydrogens (tertiary/aromatic N) is 7. The molecular weight excluding hydrogens is 456 g/mol. The van der Waals surface area contributed by atoms with Crippen LogP contribution in [0.1, 0.15) is 6.92 Å². The number of nitrogens with one attached hydrogen (secondary N) is 1. The van der Waals surface area contributed by atoms with Crippen molar-refractivity contribution in [3.8, 4) is 5.69 Å². The van der Waals surface area contributed by atoms with Crippen molar-refractivity contribution >= 4 is 28.6 Å². The molecule has 1 aromatic carbocycles. The number of pyridine rings is 1. The van der Waals surface area contributed by atoms with E-state index in [4.69, 9.17) is 0 Å². The number of anilines is 2. The monoisotopic (exact) mass is 484 g/mol. The molecule has 3 aromatic heterocycles. The lowest BCUT2D eigenvalue weighted by molar-refractivity contribution is -0.128. The van der Waals surface area contributed by atoms with Crippen LogP contribution in [-0.2, 0) is 11.3 Å². The summed E-state index contributed by atoms with van der Waals surface area (Å²) in [5.41, 5.74) is 2.15. The third-order valence-corrected chi connectivity index (χ3v) is 6.44. The number of hydrogen-bond donors (Lipinski definition) is 1. The van der Waals surface area contributed by atoms with Crippen LogP contribution >= 0.6 is 0 Å². The van der Waals surface area contributed by atoms with Gasteiger partial charge >= 0.3 is 0 Å². The quantitative estimate of drug-likeness (QED) is 0.402. The highest BCUT2D eigenvalue weighted by Gasteiger charge is 2.25. The van der Waals surface area contributed by atoms with Gasteiger partial charge in [-0.25, -0.2) is 9.67 Å². The second-order valence-electron chi connectivity index (χ2n) is 8.80. The van der Waals surface area contributed by atoms with Crippen LogP contribution in [0.25, 0.3) is 16.7 Å². The summed E-state index contributed by atoms with van der Waals surface area (Å²) in [5.74, 6) is 0.345. The standard InChI is InChI=1S/C26H28N8O2/c1-3-23(35)32-12-11-31(19(2)17-32)13-14-33-24(36)10-9-20-15-27-26(30-25(20)33)29-21-16-28-34(18-21)22-7-5-4-6-8-22/h3-10,15-16,18-19H,1,11-14,17H2,2H3,(H,27,29,30). The third kappa shape index (κ3) is 4.89. The minimum absolute atomic E-state index is 0.0437. The molecule has 184 valence electrons. The topological polar surface area (TPSA) is 101 Å². The molecule has 0 spiro atoms. The zero-order chi connectivity index (χ0) is 25.1. The minimum atomic E-state index is -0.114. The molecule has 10 heteroatoms. The fourth-order valence-electron chi connectivity index (χ4n) is 4.47. The van der Waals surface area contributed by atoms with Gasteiger partial charge in [0.05, 0.1) is 23.8 Å². The Kier molecular flexibility index (Phi) is 6.59. The van der Waals surface area contributed by atoms with E-state index in [0.29, 0.717) is 37.8 Å². The second kappa shape index (κ2) is 10.1. The van der Waals surface area contributed by atoms with E-state index in [1.54, 1.807) is 33.8 Å². The summed E-state index contributed by atoms with van der Waals surface area (Å²) in [6.07, 6.45) is 6.64. The van der Waals surface area contributed by atoms with Crippen LogP contribution in [0.4, 0.5) is 11.6 Å². The summed E-state index contributed by atoms with van der Waals surface area (Å²) >= 11 is 0. The summed E-state index contributed by atoms with van der Waals surface area (Å²) in [4.78, 5) is 37.9. The lowest BCUT2D eigenvalue weighted by Crippen LogP contribution is -2.54. The first-order valence-electron chi connectivity index (χ1n) is 11.9. The van der Waals surface area contributed by atoms with Crippen LogP contribution in [-0.4, -0.2) is 72.2 Å². The molecule has 1 aliphatic rings. The molecule has 36 heavy (non-hydrogen) atoms. The van der Waals surface area contributed by atoms with E-state index in [1.807, 2.05) is 41.4 Å². The predicted molar refractivity (Wildman–Crippen MR) is 138 cm³/mol. The smallest absolute Gasteiger partial charge is 0.252 e. The van der Waals surface area contributed by atoms with Crippen molar-refractivity contribution in [1.82, 2.24) is 34.1 Å². The lowest BCUT2D eigenvalue weighted by Gasteiger charge is -2.39. The van der Waals surface area contributed by atoms with Crippen LogP contribution in [0.5, 0.6) is 0 Å². The van der Waals surface area contributed by atoms with E-state index in [2.05, 4.69) is 38.8 Å². The van der Waals surface area contributed by atoms with Crippen LogP contribution in [0.3, 0.4) is 0 Å². The van der Waals surface area contributed by atoms with Gasteiger partial charge in [0.2, 0.25) is 11.9 Å². The van der Waals surface area contributed by atoms with E-state index in [9.17, 15) is 9.59 Å². The zero-order valence-corrected chi connectivity index (χ0v) is 20.1. The van der Waals surface area contributed by atoms with Crippen molar-refractivity contribution in [1.29, 1.82) is 0 Å². The number of para-hydroxylation sites is 1. The maximum atomic E-state index is 12.8. The van der Waals surface area contributed by atoms with Gasteiger partial charge in [-0.3, -0.25) is 19.1 Å². The maximum Gasteiger partial charge on any atom is 0.252 e. The van der Waals surface area contributed by atoms with Gasteiger partial charge in [0, 0.05) is 56.4 Å². The zero-order valence-electron chi connectivity index (χ0n) is 20.1. The van der Waals surface area contributed by atoms with Crippen LogP contribution in [0, 0.1) is 0 Å². The van der Waals surface area contributed by atoms with Gasteiger partial charge in [-0.2, -0.15) is 10.1 Å². The second-order valence-corrected chi connectivity index (χ2v) is 8.80. The Bertz CT molecular complexity index is 1450. The Morgan fingerprint density at radius 2 is 1.97 bits per heavy atom. The van der Waals surface area contributed by atoms with Crippen molar-refractivity contribution in [3.05, 3.63) is 84.1 Å². The van der Waals surface area contributed by atoms with E-state index in [0.717, 1.165) is 23.3 Å². The van der Waals surface area contributed by atoms with Gasteiger partial charge in [0.15, 0.2) is 0 Å². The molecule has 0 aliphatic carbocycles. The number of rotatable bonds is 7. The molecule has 0 bridgehead atoms. The fraction of sp³-hybridized carbons (Fsp3) is 0.269. The highest BCUT2D eigenvalue weighted by Crippen LogP contribution is 2.17. The Morgan fingerprint density at radius 1 is 1.14 bits per heavy atom. The Balaban J connectivity index is 1.33. The molecule has 1 saturated heterocycles. The van der Waals surface area contributed by atoms with Gasteiger partial charge in [-0.1, -0.05) is 24.8 Å². The largest absolute Gasteiger partial charge is 0.336 e.